The summed E-state index contributed by atoms with van der Waals surface area (Å²) in [7, 11) is 0. The third-order valence-corrected chi connectivity index (χ3v) is 5.00. The molecule has 14 heteroatoms. The van der Waals surface area contributed by atoms with Crippen molar-refractivity contribution in [2.24, 2.45) is 0 Å². The predicted octanol–water partition coefficient (Wildman–Crippen LogP) is 4.81. The number of aromatic nitrogens is 2. The number of amides is 1. The monoisotopic (exact) mass is 485 g/mol. The van der Waals surface area contributed by atoms with E-state index >= 15 is 0 Å². The van der Waals surface area contributed by atoms with Crippen LogP contribution in [0.4, 0.5) is 31.1 Å². The fourth-order valence-electron chi connectivity index (χ4n) is 3.11. The van der Waals surface area contributed by atoms with Gasteiger partial charge in [0.25, 0.3) is 0 Å². The number of ether oxygens (including phenoxy) is 1. The summed E-state index contributed by atoms with van der Waals surface area (Å²) in [6.07, 6.45) is -10.7. The molecule has 1 aromatic heterocycles. The number of hydrogen-bond acceptors (Lipinski definition) is 4. The number of carboxylic acids is 1. The Morgan fingerprint density at radius 1 is 1.06 bits per heavy atom. The van der Waals surface area contributed by atoms with E-state index in [2.05, 4.69) is 5.10 Å². The number of fused-ring (bicyclic) bond motifs is 1. The smallest absolute Gasteiger partial charge is 0.416 e. The summed E-state index contributed by atoms with van der Waals surface area (Å²) in [4.78, 5) is 24.7. The standard InChI is InChI=1S/C18H14ClF6N3O4/c19-13-12-7-27(2-1-3-28(12)26-14(13)15(29)30)16(31)32-8-9-4-10(17(20,21)22)6-11(5-9)18(23,24)25/h4-6H,1-3,7-8H2,(H,29,30). The molecule has 0 bridgehead atoms. The molecule has 1 aromatic carbocycles. The Kier molecular flexibility index (Phi) is 6.31. The first-order valence-electron chi connectivity index (χ1n) is 8.96. The summed E-state index contributed by atoms with van der Waals surface area (Å²) in [5.74, 6) is -1.37. The number of aryl methyl sites for hydroxylation is 1. The molecule has 2 aromatic rings. The van der Waals surface area contributed by atoms with Crippen molar-refractivity contribution in [2.45, 2.75) is 38.5 Å². The number of carboxylic acid groups (broad SMARTS) is 1. The van der Waals surface area contributed by atoms with Crippen LogP contribution in [0.25, 0.3) is 0 Å². The van der Waals surface area contributed by atoms with Crippen LogP contribution in [-0.4, -0.2) is 38.4 Å². The van der Waals surface area contributed by atoms with Crippen molar-refractivity contribution < 1.29 is 45.8 Å². The summed E-state index contributed by atoms with van der Waals surface area (Å²) in [5, 5.41) is 12.8. The lowest BCUT2D eigenvalue weighted by molar-refractivity contribution is -0.143. The first-order valence-corrected chi connectivity index (χ1v) is 9.33. The molecule has 7 nitrogen and oxygen atoms in total. The highest BCUT2D eigenvalue weighted by atomic mass is 35.5. The Morgan fingerprint density at radius 2 is 1.66 bits per heavy atom. The van der Waals surface area contributed by atoms with Gasteiger partial charge in [0.2, 0.25) is 0 Å². The van der Waals surface area contributed by atoms with Crippen LogP contribution in [-0.2, 0) is 36.8 Å². The number of aromatic carboxylic acids is 1. The van der Waals surface area contributed by atoms with Gasteiger partial charge in [-0.2, -0.15) is 31.4 Å². The molecule has 1 amide bonds. The average Bonchev–Trinajstić information content (AvgIpc) is 2.86. The molecule has 0 fully saturated rings. The molecule has 3 rings (SSSR count). The van der Waals surface area contributed by atoms with E-state index < -0.39 is 53.4 Å². The summed E-state index contributed by atoms with van der Waals surface area (Å²) in [6, 6.07) is 0.912. The van der Waals surface area contributed by atoms with Crippen molar-refractivity contribution in [3.63, 3.8) is 0 Å². The van der Waals surface area contributed by atoms with Crippen molar-refractivity contribution in [3.05, 3.63) is 51.3 Å². The van der Waals surface area contributed by atoms with Crippen LogP contribution in [0.15, 0.2) is 18.2 Å². The molecule has 1 N–H and O–H groups in total. The van der Waals surface area contributed by atoms with Crippen LogP contribution in [0.5, 0.6) is 0 Å². The SMILES string of the molecule is O=C(O)c1nn2c(c1Cl)CN(C(=O)OCc1cc(C(F)(F)F)cc(C(F)(F)F)c1)CCC2. The highest BCUT2D eigenvalue weighted by Gasteiger charge is 2.37. The Hall–Kier alpha value is -2.96. The minimum absolute atomic E-state index is 0.0245. The normalized spacial score (nSPS) is 14.7. The molecule has 0 spiro atoms. The van der Waals surface area contributed by atoms with Crippen molar-refractivity contribution >= 4 is 23.7 Å². The molecule has 0 saturated heterocycles. The molecule has 1 aliphatic heterocycles. The van der Waals surface area contributed by atoms with Gasteiger partial charge in [0.05, 0.1) is 28.4 Å². The quantitative estimate of drug-likeness (QED) is 0.630. The Bertz CT molecular complexity index is 1020. The Morgan fingerprint density at radius 3 is 2.19 bits per heavy atom. The van der Waals surface area contributed by atoms with Gasteiger partial charge < -0.3 is 14.7 Å². The van der Waals surface area contributed by atoms with Gasteiger partial charge in [-0.15, -0.1) is 0 Å². The number of carbonyl (C=O) groups excluding carboxylic acids is 1. The third kappa shape index (κ3) is 5.09. The minimum atomic E-state index is -5.03. The van der Waals surface area contributed by atoms with Crippen molar-refractivity contribution in [1.82, 2.24) is 14.7 Å². The fraction of sp³-hybridized carbons (Fsp3) is 0.389. The number of alkyl halides is 6. The van der Waals surface area contributed by atoms with E-state index in [9.17, 15) is 35.9 Å². The van der Waals surface area contributed by atoms with Gasteiger partial charge >= 0.3 is 24.4 Å². The predicted molar refractivity (Wildman–Crippen MR) is 95.9 cm³/mol. The Balaban J connectivity index is 1.78. The van der Waals surface area contributed by atoms with E-state index in [1.54, 1.807) is 0 Å². The van der Waals surface area contributed by atoms with Crippen LogP contribution in [0.3, 0.4) is 0 Å². The van der Waals surface area contributed by atoms with Gasteiger partial charge in [-0.05, 0) is 30.2 Å². The highest BCUT2D eigenvalue weighted by molar-refractivity contribution is 6.33. The second-order valence-corrected chi connectivity index (χ2v) is 7.26. The van der Waals surface area contributed by atoms with Crippen molar-refractivity contribution in [1.29, 1.82) is 0 Å². The topological polar surface area (TPSA) is 84.7 Å². The number of hydrogen-bond donors (Lipinski definition) is 1. The van der Waals surface area contributed by atoms with Gasteiger partial charge in [-0.1, -0.05) is 11.6 Å². The third-order valence-electron chi connectivity index (χ3n) is 4.60. The molecular formula is C18H14ClF6N3O4. The van der Waals surface area contributed by atoms with E-state index in [4.69, 9.17) is 21.4 Å². The summed E-state index contributed by atoms with van der Waals surface area (Å²) in [5.41, 5.74) is -3.72. The van der Waals surface area contributed by atoms with Gasteiger partial charge in [0.1, 0.15) is 6.61 Å². The fourth-order valence-corrected chi connectivity index (χ4v) is 3.39. The molecule has 0 radical (unpaired) electrons. The van der Waals surface area contributed by atoms with Crippen LogP contribution in [0.1, 0.15) is 39.3 Å². The van der Waals surface area contributed by atoms with Gasteiger partial charge in [-0.3, -0.25) is 4.68 Å². The number of rotatable bonds is 3. The van der Waals surface area contributed by atoms with E-state index in [1.807, 2.05) is 0 Å². The molecule has 0 aliphatic carbocycles. The van der Waals surface area contributed by atoms with Gasteiger partial charge in [0.15, 0.2) is 5.69 Å². The summed E-state index contributed by atoms with van der Waals surface area (Å²) < 4.78 is 84.0. The van der Waals surface area contributed by atoms with E-state index in [1.165, 1.54) is 4.68 Å². The lowest BCUT2D eigenvalue weighted by atomic mass is 10.1. The molecule has 1 aliphatic rings. The maximum absolute atomic E-state index is 13.0. The Labute approximate surface area is 181 Å². The second-order valence-electron chi connectivity index (χ2n) is 6.88. The van der Waals surface area contributed by atoms with Crippen LogP contribution >= 0.6 is 11.6 Å². The molecular weight excluding hydrogens is 472 g/mol. The molecule has 0 atom stereocenters. The molecule has 174 valence electrons. The summed E-state index contributed by atoms with van der Waals surface area (Å²) in [6.45, 7) is -0.671. The van der Waals surface area contributed by atoms with Crippen molar-refractivity contribution in [2.75, 3.05) is 6.54 Å². The lowest BCUT2D eigenvalue weighted by Gasteiger charge is -2.20. The maximum atomic E-state index is 13.0. The van der Waals surface area contributed by atoms with E-state index in [-0.39, 0.29) is 36.4 Å². The number of halogens is 7. The molecule has 32 heavy (non-hydrogen) atoms. The molecule has 0 unspecified atom stereocenters. The van der Waals surface area contributed by atoms with Gasteiger partial charge in [-0.25, -0.2) is 9.59 Å². The molecule has 0 saturated carbocycles. The largest absolute Gasteiger partial charge is 0.476 e. The summed E-state index contributed by atoms with van der Waals surface area (Å²) >= 11 is 6.02. The zero-order valence-electron chi connectivity index (χ0n) is 15.9. The lowest BCUT2D eigenvalue weighted by Crippen LogP contribution is -2.31. The number of benzene rings is 1. The van der Waals surface area contributed by atoms with E-state index in [0.717, 1.165) is 4.90 Å². The van der Waals surface area contributed by atoms with Crippen molar-refractivity contribution in [3.8, 4) is 0 Å². The zero-order valence-corrected chi connectivity index (χ0v) is 16.7. The van der Waals surface area contributed by atoms with Crippen LogP contribution in [0.2, 0.25) is 5.02 Å². The van der Waals surface area contributed by atoms with E-state index in [0.29, 0.717) is 18.6 Å². The average molecular weight is 486 g/mol. The van der Waals surface area contributed by atoms with Crippen LogP contribution < -0.4 is 0 Å². The number of carbonyl (C=O) groups is 2. The minimum Gasteiger partial charge on any atom is -0.476 e. The second kappa shape index (κ2) is 8.52. The van der Waals surface area contributed by atoms with Crippen LogP contribution in [0, 0.1) is 0 Å². The number of nitrogens with zero attached hydrogens (tertiary/aromatic N) is 3. The van der Waals surface area contributed by atoms with Gasteiger partial charge in [0, 0.05) is 13.1 Å². The zero-order chi connectivity index (χ0) is 23.8. The molecule has 2 heterocycles. The first kappa shape index (κ1) is 23.7. The maximum Gasteiger partial charge on any atom is 0.416 e. The highest BCUT2D eigenvalue weighted by Crippen LogP contribution is 2.36. The first-order chi connectivity index (χ1) is 14.8.